The van der Waals surface area contributed by atoms with Crippen LogP contribution in [0, 0.1) is 5.92 Å². The Morgan fingerprint density at radius 3 is 2.82 bits per heavy atom. The predicted molar refractivity (Wildman–Crippen MR) is 107 cm³/mol. The third kappa shape index (κ3) is 5.79. The van der Waals surface area contributed by atoms with Gasteiger partial charge in [0.25, 0.3) is 0 Å². The Kier molecular flexibility index (Phi) is 7.42. The summed E-state index contributed by atoms with van der Waals surface area (Å²) in [5, 5.41) is 4.10. The van der Waals surface area contributed by atoms with E-state index in [1.807, 2.05) is 36.1 Å². The summed E-state index contributed by atoms with van der Waals surface area (Å²) >= 11 is 0. The molecule has 0 spiro atoms. The summed E-state index contributed by atoms with van der Waals surface area (Å²) in [5.41, 5.74) is 6.24. The van der Waals surface area contributed by atoms with Gasteiger partial charge in [-0.05, 0) is 37.9 Å². The number of aromatic nitrogens is 2. The highest BCUT2D eigenvalue weighted by atomic mass is 16.5. The van der Waals surface area contributed by atoms with E-state index in [2.05, 4.69) is 10.1 Å². The van der Waals surface area contributed by atoms with Crippen molar-refractivity contribution < 1.29 is 14.1 Å². The van der Waals surface area contributed by atoms with Crippen LogP contribution in [0.25, 0.3) is 11.4 Å². The van der Waals surface area contributed by atoms with Crippen LogP contribution in [0.1, 0.15) is 51.3 Å². The molecular formula is C21H30N4O3. The first-order chi connectivity index (χ1) is 13.7. The fourth-order valence-electron chi connectivity index (χ4n) is 3.83. The number of amides is 1. The van der Waals surface area contributed by atoms with E-state index < -0.39 is 0 Å². The van der Waals surface area contributed by atoms with Gasteiger partial charge in [0.05, 0.1) is 25.3 Å². The van der Waals surface area contributed by atoms with Gasteiger partial charge in [-0.2, -0.15) is 4.98 Å². The summed E-state index contributed by atoms with van der Waals surface area (Å²) in [6, 6.07) is 7.62. The van der Waals surface area contributed by atoms with Gasteiger partial charge in [-0.3, -0.25) is 9.69 Å². The minimum absolute atomic E-state index is 0.194. The summed E-state index contributed by atoms with van der Waals surface area (Å²) < 4.78 is 11.1. The standard InChI is InChI=1S/C21H30N4O3/c1-2-27-18-11-7-6-10-17(18)21-23-20(28-24-21)15-25(14-19(22)26)13-12-16-8-4-3-5-9-16/h6-7,10-11,16H,2-5,8-9,12-15H2,1H3,(H2,22,26). The van der Waals surface area contributed by atoms with Gasteiger partial charge >= 0.3 is 0 Å². The molecular weight excluding hydrogens is 356 g/mol. The summed E-state index contributed by atoms with van der Waals surface area (Å²) in [5.74, 6) is 2.09. The first-order valence-electron chi connectivity index (χ1n) is 10.2. The van der Waals surface area contributed by atoms with Crippen molar-refractivity contribution in [1.82, 2.24) is 15.0 Å². The van der Waals surface area contributed by atoms with Crippen LogP contribution >= 0.6 is 0 Å². The third-order valence-electron chi connectivity index (χ3n) is 5.21. The number of primary amides is 1. The number of nitrogens with zero attached hydrogens (tertiary/aromatic N) is 3. The van der Waals surface area contributed by atoms with Crippen LogP contribution in [0.5, 0.6) is 5.75 Å². The van der Waals surface area contributed by atoms with Gasteiger partial charge < -0.3 is 15.0 Å². The van der Waals surface area contributed by atoms with Crippen molar-refractivity contribution in [3.05, 3.63) is 30.2 Å². The Labute approximate surface area is 166 Å². The van der Waals surface area contributed by atoms with E-state index in [4.69, 9.17) is 15.0 Å². The Balaban J connectivity index is 1.65. The number of rotatable bonds is 10. The molecule has 1 saturated carbocycles. The Morgan fingerprint density at radius 2 is 2.07 bits per heavy atom. The second-order valence-electron chi connectivity index (χ2n) is 7.41. The number of para-hydroxylation sites is 1. The van der Waals surface area contributed by atoms with Gasteiger partial charge in [0.15, 0.2) is 0 Å². The van der Waals surface area contributed by atoms with Gasteiger partial charge in [-0.1, -0.05) is 49.4 Å². The van der Waals surface area contributed by atoms with Crippen LogP contribution in [0.4, 0.5) is 0 Å². The molecule has 0 atom stereocenters. The van der Waals surface area contributed by atoms with Crippen LogP contribution < -0.4 is 10.5 Å². The van der Waals surface area contributed by atoms with Crippen LogP contribution in [-0.4, -0.2) is 40.6 Å². The minimum Gasteiger partial charge on any atom is -0.493 e. The maximum absolute atomic E-state index is 11.5. The number of nitrogens with two attached hydrogens (primary N) is 1. The quantitative estimate of drug-likeness (QED) is 0.672. The van der Waals surface area contributed by atoms with Gasteiger partial charge in [-0.25, -0.2) is 0 Å². The highest BCUT2D eigenvalue weighted by molar-refractivity contribution is 5.75. The largest absolute Gasteiger partial charge is 0.493 e. The monoisotopic (exact) mass is 386 g/mol. The lowest BCUT2D eigenvalue weighted by atomic mass is 9.87. The van der Waals surface area contributed by atoms with Crippen molar-refractivity contribution in [3.8, 4) is 17.1 Å². The normalized spacial score (nSPS) is 15.1. The first kappa shape index (κ1) is 20.3. The van der Waals surface area contributed by atoms with E-state index >= 15 is 0 Å². The molecule has 28 heavy (non-hydrogen) atoms. The number of hydrogen-bond donors (Lipinski definition) is 1. The molecule has 7 nitrogen and oxygen atoms in total. The lowest BCUT2D eigenvalue weighted by Gasteiger charge is -2.25. The second-order valence-corrected chi connectivity index (χ2v) is 7.41. The first-order valence-corrected chi connectivity index (χ1v) is 10.2. The summed E-state index contributed by atoms with van der Waals surface area (Å²) in [6.45, 7) is 3.92. The van der Waals surface area contributed by atoms with E-state index in [0.29, 0.717) is 24.9 Å². The number of carbonyl (C=O) groups excluding carboxylic acids is 1. The molecule has 0 aliphatic heterocycles. The third-order valence-corrected chi connectivity index (χ3v) is 5.21. The molecule has 7 heteroatoms. The molecule has 1 amide bonds. The van der Waals surface area contributed by atoms with Gasteiger partial charge in [-0.15, -0.1) is 0 Å². The van der Waals surface area contributed by atoms with Crippen molar-refractivity contribution in [2.24, 2.45) is 11.7 Å². The second kappa shape index (κ2) is 10.2. The highest BCUT2D eigenvalue weighted by Gasteiger charge is 2.19. The average Bonchev–Trinajstić information content (AvgIpc) is 3.15. The number of carbonyl (C=O) groups is 1. The predicted octanol–water partition coefficient (Wildman–Crippen LogP) is 3.39. The minimum atomic E-state index is -0.343. The van der Waals surface area contributed by atoms with Crippen molar-refractivity contribution in [2.75, 3.05) is 19.7 Å². The molecule has 1 aliphatic rings. The molecule has 2 aromatic rings. The molecule has 152 valence electrons. The molecule has 1 aromatic carbocycles. The van der Waals surface area contributed by atoms with Crippen molar-refractivity contribution in [2.45, 2.75) is 52.0 Å². The van der Waals surface area contributed by atoms with Crippen LogP contribution in [0.3, 0.4) is 0 Å². The summed E-state index contributed by atoms with van der Waals surface area (Å²) in [4.78, 5) is 18.0. The summed E-state index contributed by atoms with van der Waals surface area (Å²) in [7, 11) is 0. The SMILES string of the molecule is CCOc1ccccc1-c1noc(CN(CCC2CCCCC2)CC(N)=O)n1. The fourth-order valence-corrected chi connectivity index (χ4v) is 3.83. The van der Waals surface area contributed by atoms with E-state index in [-0.39, 0.29) is 12.5 Å². The average molecular weight is 386 g/mol. The van der Waals surface area contributed by atoms with E-state index in [1.165, 1.54) is 32.1 Å². The van der Waals surface area contributed by atoms with Crippen molar-refractivity contribution in [1.29, 1.82) is 0 Å². The van der Waals surface area contributed by atoms with E-state index in [0.717, 1.165) is 30.2 Å². The molecule has 1 fully saturated rings. The van der Waals surface area contributed by atoms with Crippen LogP contribution in [-0.2, 0) is 11.3 Å². The number of hydrogen-bond acceptors (Lipinski definition) is 6. The van der Waals surface area contributed by atoms with Gasteiger partial charge in [0, 0.05) is 0 Å². The zero-order chi connectivity index (χ0) is 19.8. The molecule has 2 N–H and O–H groups in total. The van der Waals surface area contributed by atoms with Crippen LogP contribution in [0.2, 0.25) is 0 Å². The molecule has 1 aromatic heterocycles. The molecule has 0 radical (unpaired) electrons. The maximum Gasteiger partial charge on any atom is 0.241 e. The molecule has 0 unspecified atom stereocenters. The molecule has 1 heterocycles. The van der Waals surface area contributed by atoms with E-state index in [9.17, 15) is 4.79 Å². The molecule has 0 bridgehead atoms. The van der Waals surface area contributed by atoms with Crippen LogP contribution in [0.15, 0.2) is 28.8 Å². The zero-order valence-electron chi connectivity index (χ0n) is 16.6. The molecule has 0 saturated heterocycles. The smallest absolute Gasteiger partial charge is 0.241 e. The fraction of sp³-hybridized carbons (Fsp3) is 0.571. The lowest BCUT2D eigenvalue weighted by Crippen LogP contribution is -2.35. The maximum atomic E-state index is 11.5. The van der Waals surface area contributed by atoms with Crippen molar-refractivity contribution in [3.63, 3.8) is 0 Å². The molecule has 3 rings (SSSR count). The topological polar surface area (TPSA) is 94.5 Å². The lowest BCUT2D eigenvalue weighted by molar-refractivity contribution is -0.119. The van der Waals surface area contributed by atoms with Gasteiger partial charge in [0.1, 0.15) is 5.75 Å². The summed E-state index contributed by atoms with van der Waals surface area (Å²) in [6.07, 6.45) is 7.60. The Bertz CT molecular complexity index is 756. The Hall–Kier alpha value is -2.41. The highest BCUT2D eigenvalue weighted by Crippen LogP contribution is 2.28. The molecule has 1 aliphatic carbocycles. The number of benzene rings is 1. The van der Waals surface area contributed by atoms with Gasteiger partial charge in [0.2, 0.25) is 17.6 Å². The van der Waals surface area contributed by atoms with Crippen molar-refractivity contribution >= 4 is 5.91 Å². The number of ether oxygens (including phenoxy) is 1. The Morgan fingerprint density at radius 1 is 1.29 bits per heavy atom. The zero-order valence-corrected chi connectivity index (χ0v) is 16.6. The van der Waals surface area contributed by atoms with E-state index in [1.54, 1.807) is 0 Å².